The van der Waals surface area contributed by atoms with E-state index in [-0.39, 0.29) is 5.82 Å². The van der Waals surface area contributed by atoms with Gasteiger partial charge in [-0.2, -0.15) is 9.78 Å². The van der Waals surface area contributed by atoms with Gasteiger partial charge >= 0.3 is 0 Å². The molecule has 138 valence electrons. The zero-order valence-corrected chi connectivity index (χ0v) is 14.7. The molecular weight excluding hydrogens is 361 g/mol. The summed E-state index contributed by atoms with van der Waals surface area (Å²) in [7, 11) is 0. The van der Waals surface area contributed by atoms with Crippen LogP contribution < -0.4 is 10.9 Å². The predicted octanol–water partition coefficient (Wildman–Crippen LogP) is 2.57. The molecule has 9 heteroatoms. The minimum Gasteiger partial charge on any atom is -0.318 e. The second-order valence-corrected chi connectivity index (χ2v) is 6.59. The molecule has 0 saturated heterocycles. The van der Waals surface area contributed by atoms with Crippen LogP contribution in [-0.2, 0) is 0 Å². The van der Waals surface area contributed by atoms with Crippen molar-refractivity contribution in [3.63, 3.8) is 0 Å². The Labute approximate surface area is 158 Å². The molecule has 0 unspecified atom stereocenters. The number of aromatic amines is 1. The molecule has 0 spiro atoms. The van der Waals surface area contributed by atoms with Crippen LogP contribution in [0.4, 0.5) is 16.0 Å². The van der Waals surface area contributed by atoms with Crippen LogP contribution in [0.5, 0.6) is 0 Å². The van der Waals surface area contributed by atoms with E-state index in [0.29, 0.717) is 28.5 Å². The number of anilines is 2. The highest BCUT2D eigenvalue weighted by Crippen LogP contribution is 2.41. The van der Waals surface area contributed by atoms with Crippen LogP contribution in [0.3, 0.4) is 0 Å². The number of nitrogens with zero attached hydrogens (tertiary/aromatic N) is 5. The molecule has 2 aromatic heterocycles. The lowest BCUT2D eigenvalue weighted by Gasteiger charge is -2.27. The van der Waals surface area contributed by atoms with E-state index >= 15 is 0 Å². The molecule has 0 saturated carbocycles. The van der Waals surface area contributed by atoms with Crippen molar-refractivity contribution in [2.75, 3.05) is 5.32 Å². The average Bonchev–Trinajstić information content (AvgIpc) is 3.16. The van der Waals surface area contributed by atoms with Gasteiger partial charge in [0.05, 0.1) is 5.69 Å². The summed E-state index contributed by atoms with van der Waals surface area (Å²) >= 11 is 0. The standard InChI is InChI=1S/C19H14FN7O/c1-10-5-7-11(8-6-10)15-14-16(18(28)23-22-15)21-19-24-25-26-27(19)17(14)12-3-2-4-13(20)9-12/h2-9,17H,1H3,(H,23,28)(H,21,24,26)/t17-/m0/s1. The molecule has 1 aliphatic heterocycles. The fourth-order valence-electron chi connectivity index (χ4n) is 3.45. The van der Waals surface area contributed by atoms with Crippen molar-refractivity contribution in [3.8, 4) is 11.3 Å². The van der Waals surface area contributed by atoms with Crippen LogP contribution in [0.25, 0.3) is 11.3 Å². The number of nitrogens with one attached hydrogen (secondary N) is 2. The van der Waals surface area contributed by atoms with Crippen LogP contribution in [0.1, 0.15) is 22.7 Å². The van der Waals surface area contributed by atoms with E-state index in [4.69, 9.17) is 0 Å². The Bertz CT molecular complexity index is 1250. The third-order valence-corrected chi connectivity index (χ3v) is 4.76. The van der Waals surface area contributed by atoms with Crippen LogP contribution in [0.2, 0.25) is 0 Å². The first kappa shape index (κ1) is 16.3. The van der Waals surface area contributed by atoms with Crippen LogP contribution >= 0.6 is 0 Å². The first-order valence-electron chi connectivity index (χ1n) is 8.62. The number of halogens is 1. The van der Waals surface area contributed by atoms with Gasteiger partial charge in [0.25, 0.3) is 5.56 Å². The number of benzene rings is 2. The van der Waals surface area contributed by atoms with Gasteiger partial charge < -0.3 is 5.32 Å². The SMILES string of the molecule is Cc1ccc(-c2n[nH]c(=O)c3c2[C@H](c2cccc(F)c2)n2nnnc2N3)cc1. The lowest BCUT2D eigenvalue weighted by Crippen LogP contribution is -2.29. The number of aryl methyl sites for hydroxylation is 1. The summed E-state index contributed by atoms with van der Waals surface area (Å²) in [5, 5.41) is 21.5. The number of fused-ring (bicyclic) bond motifs is 2. The van der Waals surface area contributed by atoms with E-state index in [1.807, 2.05) is 31.2 Å². The molecular formula is C19H14FN7O. The largest absolute Gasteiger partial charge is 0.318 e. The van der Waals surface area contributed by atoms with E-state index in [0.717, 1.165) is 11.1 Å². The first-order chi connectivity index (χ1) is 13.6. The molecule has 1 aliphatic rings. The molecule has 5 rings (SSSR count). The smallest absolute Gasteiger partial charge is 0.288 e. The lowest BCUT2D eigenvalue weighted by molar-refractivity contribution is 0.560. The van der Waals surface area contributed by atoms with Crippen molar-refractivity contribution >= 4 is 11.6 Å². The maximum Gasteiger partial charge on any atom is 0.288 e. The van der Waals surface area contributed by atoms with Crippen molar-refractivity contribution in [2.45, 2.75) is 13.0 Å². The summed E-state index contributed by atoms with van der Waals surface area (Å²) in [6.45, 7) is 1.99. The number of hydrogen-bond acceptors (Lipinski definition) is 6. The van der Waals surface area contributed by atoms with Gasteiger partial charge in [0.1, 0.15) is 17.5 Å². The third-order valence-electron chi connectivity index (χ3n) is 4.76. The topological polar surface area (TPSA) is 101 Å². The Kier molecular flexibility index (Phi) is 3.54. The van der Waals surface area contributed by atoms with Crippen LogP contribution in [0.15, 0.2) is 53.3 Å². The minimum atomic E-state index is -0.608. The molecule has 0 radical (unpaired) electrons. The summed E-state index contributed by atoms with van der Waals surface area (Å²) in [6, 6.07) is 13.3. The molecule has 0 aliphatic carbocycles. The molecule has 28 heavy (non-hydrogen) atoms. The molecule has 2 aromatic carbocycles. The molecule has 1 atom stereocenters. The zero-order chi connectivity index (χ0) is 19.3. The van der Waals surface area contributed by atoms with Gasteiger partial charge in [-0.15, -0.1) is 0 Å². The number of rotatable bonds is 2. The third kappa shape index (κ3) is 2.48. The van der Waals surface area contributed by atoms with Crippen molar-refractivity contribution in [1.82, 2.24) is 30.4 Å². The molecule has 0 bridgehead atoms. The first-order valence-corrected chi connectivity index (χ1v) is 8.62. The minimum absolute atomic E-state index is 0.294. The summed E-state index contributed by atoms with van der Waals surface area (Å²) in [6.07, 6.45) is 0. The molecule has 0 amide bonds. The van der Waals surface area contributed by atoms with Gasteiger partial charge in [0, 0.05) is 11.1 Å². The monoisotopic (exact) mass is 375 g/mol. The fraction of sp³-hybridized carbons (Fsp3) is 0.105. The Balaban J connectivity index is 1.82. The number of aromatic nitrogens is 6. The van der Waals surface area contributed by atoms with Gasteiger partial charge in [-0.25, -0.2) is 9.49 Å². The maximum absolute atomic E-state index is 14.0. The van der Waals surface area contributed by atoms with E-state index in [1.54, 1.807) is 12.1 Å². The zero-order valence-electron chi connectivity index (χ0n) is 14.7. The molecule has 0 fully saturated rings. The summed E-state index contributed by atoms with van der Waals surface area (Å²) in [4.78, 5) is 12.5. The summed E-state index contributed by atoms with van der Waals surface area (Å²) in [5.41, 5.74) is 3.57. The highest BCUT2D eigenvalue weighted by atomic mass is 19.1. The van der Waals surface area contributed by atoms with Crippen molar-refractivity contribution in [1.29, 1.82) is 0 Å². The highest BCUT2D eigenvalue weighted by molar-refractivity contribution is 5.75. The number of H-pyrrole nitrogens is 1. The van der Waals surface area contributed by atoms with Crippen molar-refractivity contribution in [2.24, 2.45) is 0 Å². The molecule has 3 heterocycles. The van der Waals surface area contributed by atoms with Gasteiger partial charge in [-0.1, -0.05) is 47.1 Å². The summed E-state index contributed by atoms with van der Waals surface area (Å²) < 4.78 is 15.5. The van der Waals surface area contributed by atoms with Gasteiger partial charge in [0.2, 0.25) is 5.95 Å². The van der Waals surface area contributed by atoms with E-state index < -0.39 is 11.6 Å². The molecule has 2 N–H and O–H groups in total. The quantitative estimate of drug-likeness (QED) is 0.492. The maximum atomic E-state index is 14.0. The van der Waals surface area contributed by atoms with Crippen LogP contribution in [-0.4, -0.2) is 30.4 Å². The lowest BCUT2D eigenvalue weighted by atomic mass is 9.92. The van der Waals surface area contributed by atoms with Gasteiger partial charge in [0.15, 0.2) is 0 Å². The predicted molar refractivity (Wildman–Crippen MR) is 99.8 cm³/mol. The van der Waals surface area contributed by atoms with Gasteiger partial charge in [-0.3, -0.25) is 4.79 Å². The second kappa shape index (κ2) is 6.08. The summed E-state index contributed by atoms with van der Waals surface area (Å²) in [5.74, 6) is -0.0878. The molecule has 8 nitrogen and oxygen atoms in total. The Morgan fingerprint density at radius 1 is 1.14 bits per heavy atom. The number of hydrogen-bond donors (Lipinski definition) is 2. The van der Waals surface area contributed by atoms with E-state index in [1.165, 1.54) is 16.8 Å². The molecule has 4 aromatic rings. The van der Waals surface area contributed by atoms with Crippen molar-refractivity contribution < 1.29 is 4.39 Å². The Morgan fingerprint density at radius 2 is 1.96 bits per heavy atom. The Morgan fingerprint density at radius 3 is 2.75 bits per heavy atom. The number of tetrazole rings is 1. The highest BCUT2D eigenvalue weighted by Gasteiger charge is 2.34. The average molecular weight is 375 g/mol. The fourth-order valence-corrected chi connectivity index (χ4v) is 3.45. The second-order valence-electron chi connectivity index (χ2n) is 6.59. The van der Waals surface area contributed by atoms with E-state index in [2.05, 4.69) is 31.0 Å². The van der Waals surface area contributed by atoms with Crippen molar-refractivity contribution in [3.05, 3.63) is 81.4 Å². The van der Waals surface area contributed by atoms with Crippen LogP contribution in [0, 0.1) is 12.7 Å². The van der Waals surface area contributed by atoms with Gasteiger partial charge in [-0.05, 0) is 35.0 Å². The Hall–Kier alpha value is -3.88. The van der Waals surface area contributed by atoms with E-state index in [9.17, 15) is 9.18 Å². The normalized spacial score (nSPS) is 14.9.